The highest BCUT2D eigenvalue weighted by molar-refractivity contribution is 7.99. The van der Waals surface area contributed by atoms with E-state index in [2.05, 4.69) is 4.98 Å². The van der Waals surface area contributed by atoms with Crippen LogP contribution in [-0.4, -0.2) is 26.0 Å². The molecule has 0 spiro atoms. The van der Waals surface area contributed by atoms with Gasteiger partial charge in [-0.25, -0.2) is 4.98 Å². The topological polar surface area (TPSA) is 55.1 Å². The number of nitrogens with zero attached hydrogens (tertiary/aromatic N) is 2. The quantitative estimate of drug-likeness (QED) is 0.549. The molecule has 0 radical (unpaired) electrons. The molecular weight excluding hydrogens is 356 g/mol. The lowest BCUT2D eigenvalue weighted by molar-refractivity contribution is 0.107. The number of thioether (sulfide) groups is 1. The molecule has 4 nitrogen and oxygen atoms in total. The van der Waals surface area contributed by atoms with Crippen LogP contribution in [0.15, 0.2) is 52.4 Å². The Morgan fingerprint density at radius 1 is 1.20 bits per heavy atom. The van der Waals surface area contributed by atoms with Gasteiger partial charge in [-0.15, -0.1) is 0 Å². The van der Waals surface area contributed by atoms with Gasteiger partial charge in [-0.2, -0.15) is 0 Å². The molecule has 25 heavy (non-hydrogen) atoms. The second kappa shape index (κ2) is 6.83. The molecule has 0 unspecified atom stereocenters. The van der Waals surface area contributed by atoms with Crippen molar-refractivity contribution in [3.8, 4) is 5.69 Å². The third-order valence-electron chi connectivity index (χ3n) is 3.78. The SMILES string of the molecule is Cc1c(Cl)cccc1-n1c(SCC(C)(C)O)nc2ccccc2c1=O. The van der Waals surface area contributed by atoms with Crippen molar-refractivity contribution < 1.29 is 5.11 Å². The molecule has 2 aromatic carbocycles. The Hall–Kier alpha value is -1.82. The van der Waals surface area contributed by atoms with Crippen LogP contribution in [-0.2, 0) is 0 Å². The summed E-state index contributed by atoms with van der Waals surface area (Å²) in [5.74, 6) is 0.414. The minimum atomic E-state index is -0.873. The largest absolute Gasteiger partial charge is 0.390 e. The van der Waals surface area contributed by atoms with E-state index in [1.54, 1.807) is 30.5 Å². The van der Waals surface area contributed by atoms with Gasteiger partial charge in [0.1, 0.15) is 0 Å². The molecule has 0 amide bonds. The first-order chi connectivity index (χ1) is 11.8. The standard InChI is InChI=1S/C19H19ClN2O2S/c1-12-14(20)8-6-10-16(12)22-17(23)13-7-4-5-9-15(13)21-18(22)25-11-19(2,3)24/h4-10,24H,11H2,1-3H3. The number of aromatic nitrogens is 2. The Bertz CT molecular complexity index is 993. The van der Waals surface area contributed by atoms with Gasteiger partial charge in [0.05, 0.1) is 22.2 Å². The zero-order valence-electron chi connectivity index (χ0n) is 14.3. The smallest absolute Gasteiger partial charge is 0.266 e. The van der Waals surface area contributed by atoms with Gasteiger partial charge in [-0.1, -0.05) is 41.6 Å². The fourth-order valence-corrected chi connectivity index (χ4v) is 3.63. The normalized spacial score (nSPS) is 11.9. The maximum atomic E-state index is 13.1. The summed E-state index contributed by atoms with van der Waals surface area (Å²) in [5, 5.41) is 11.7. The van der Waals surface area contributed by atoms with Crippen molar-refractivity contribution in [2.45, 2.75) is 31.5 Å². The molecule has 130 valence electrons. The molecule has 0 saturated heterocycles. The number of para-hydroxylation sites is 1. The van der Waals surface area contributed by atoms with Crippen molar-refractivity contribution in [2.24, 2.45) is 0 Å². The average Bonchev–Trinajstić information content (AvgIpc) is 2.56. The number of benzene rings is 2. The third kappa shape index (κ3) is 3.73. The molecule has 0 aliphatic rings. The molecule has 3 aromatic rings. The van der Waals surface area contributed by atoms with Crippen molar-refractivity contribution in [1.29, 1.82) is 0 Å². The summed E-state index contributed by atoms with van der Waals surface area (Å²) in [4.78, 5) is 17.8. The van der Waals surface area contributed by atoms with Gasteiger partial charge in [0.15, 0.2) is 5.16 Å². The molecule has 6 heteroatoms. The Kier molecular flexibility index (Phi) is 4.91. The van der Waals surface area contributed by atoms with Crippen LogP contribution in [0.2, 0.25) is 5.02 Å². The second-order valence-electron chi connectivity index (χ2n) is 6.54. The Morgan fingerprint density at radius 3 is 2.64 bits per heavy atom. The number of hydrogen-bond acceptors (Lipinski definition) is 4. The van der Waals surface area contributed by atoms with E-state index in [0.717, 1.165) is 5.56 Å². The number of fused-ring (bicyclic) bond motifs is 1. The van der Waals surface area contributed by atoms with Gasteiger partial charge in [0.2, 0.25) is 0 Å². The van der Waals surface area contributed by atoms with E-state index in [9.17, 15) is 9.90 Å². The van der Waals surface area contributed by atoms with Crippen LogP contribution in [0.25, 0.3) is 16.6 Å². The van der Waals surface area contributed by atoms with Crippen LogP contribution in [0.4, 0.5) is 0 Å². The van der Waals surface area contributed by atoms with Crippen molar-refractivity contribution in [1.82, 2.24) is 9.55 Å². The van der Waals surface area contributed by atoms with Crippen molar-refractivity contribution in [3.63, 3.8) is 0 Å². The zero-order chi connectivity index (χ0) is 18.2. The Balaban J connectivity index is 2.29. The van der Waals surface area contributed by atoms with Crippen molar-refractivity contribution in [3.05, 3.63) is 63.4 Å². The molecule has 3 rings (SSSR count). The summed E-state index contributed by atoms with van der Waals surface area (Å²) in [6.45, 7) is 5.34. The molecule has 1 N–H and O–H groups in total. The fraction of sp³-hybridized carbons (Fsp3) is 0.263. The van der Waals surface area contributed by atoms with E-state index >= 15 is 0 Å². The summed E-state index contributed by atoms with van der Waals surface area (Å²) in [6, 6.07) is 12.7. The molecule has 0 atom stereocenters. The highest BCUT2D eigenvalue weighted by atomic mass is 35.5. The van der Waals surface area contributed by atoms with Crippen LogP contribution in [0.1, 0.15) is 19.4 Å². The van der Waals surface area contributed by atoms with Crippen LogP contribution in [0, 0.1) is 6.92 Å². The predicted molar refractivity (Wildman–Crippen MR) is 104 cm³/mol. The lowest BCUT2D eigenvalue weighted by Crippen LogP contribution is -2.25. The number of aliphatic hydroxyl groups is 1. The van der Waals surface area contributed by atoms with Crippen molar-refractivity contribution in [2.75, 3.05) is 5.75 Å². The maximum absolute atomic E-state index is 13.1. The van der Waals surface area contributed by atoms with E-state index in [-0.39, 0.29) is 5.56 Å². The highest BCUT2D eigenvalue weighted by Crippen LogP contribution is 2.28. The molecular formula is C19H19ClN2O2S. The van der Waals surface area contributed by atoms with Gasteiger partial charge in [0.25, 0.3) is 5.56 Å². The summed E-state index contributed by atoms with van der Waals surface area (Å²) < 4.78 is 1.58. The fourth-order valence-electron chi connectivity index (χ4n) is 2.50. The number of halogens is 1. The lowest BCUT2D eigenvalue weighted by atomic mass is 10.2. The second-order valence-corrected chi connectivity index (χ2v) is 7.89. The summed E-state index contributed by atoms with van der Waals surface area (Å²) in [7, 11) is 0. The van der Waals surface area contributed by atoms with Gasteiger partial charge in [0, 0.05) is 10.8 Å². The summed E-state index contributed by atoms with van der Waals surface area (Å²) in [5.41, 5.74) is 1.14. The number of hydrogen-bond donors (Lipinski definition) is 1. The monoisotopic (exact) mass is 374 g/mol. The van der Waals surface area contributed by atoms with Crippen molar-refractivity contribution >= 4 is 34.3 Å². The van der Waals surface area contributed by atoms with E-state index < -0.39 is 5.60 Å². The van der Waals surface area contributed by atoms with E-state index in [1.807, 2.05) is 37.3 Å². The first-order valence-electron chi connectivity index (χ1n) is 7.90. The molecule has 1 aromatic heterocycles. The molecule has 1 heterocycles. The molecule has 0 saturated carbocycles. The summed E-state index contributed by atoms with van der Waals surface area (Å²) in [6.07, 6.45) is 0. The maximum Gasteiger partial charge on any atom is 0.266 e. The first-order valence-corrected chi connectivity index (χ1v) is 9.27. The van der Waals surface area contributed by atoms with Gasteiger partial charge < -0.3 is 5.11 Å². The van der Waals surface area contributed by atoms with Gasteiger partial charge in [-0.05, 0) is 50.6 Å². The highest BCUT2D eigenvalue weighted by Gasteiger charge is 2.19. The molecule has 0 aliphatic heterocycles. The Labute approximate surface area is 155 Å². The summed E-state index contributed by atoms with van der Waals surface area (Å²) >= 11 is 7.60. The van der Waals surface area contributed by atoms with E-state index in [1.165, 1.54) is 11.8 Å². The minimum Gasteiger partial charge on any atom is -0.390 e. The molecule has 0 bridgehead atoms. The van der Waals surface area contributed by atoms with Crippen LogP contribution in [0.5, 0.6) is 0 Å². The zero-order valence-corrected chi connectivity index (χ0v) is 15.9. The van der Waals surface area contributed by atoms with Crippen LogP contribution < -0.4 is 5.56 Å². The Morgan fingerprint density at radius 2 is 1.92 bits per heavy atom. The van der Waals surface area contributed by atoms with Crippen LogP contribution >= 0.6 is 23.4 Å². The minimum absolute atomic E-state index is 0.144. The average molecular weight is 375 g/mol. The molecule has 0 fully saturated rings. The van der Waals surface area contributed by atoms with Crippen LogP contribution in [0.3, 0.4) is 0 Å². The number of rotatable bonds is 4. The van der Waals surface area contributed by atoms with E-state index in [0.29, 0.717) is 32.5 Å². The first kappa shape index (κ1) is 18.0. The van der Waals surface area contributed by atoms with E-state index in [4.69, 9.17) is 11.6 Å². The third-order valence-corrected chi connectivity index (χ3v) is 5.57. The van der Waals surface area contributed by atoms with Gasteiger partial charge >= 0.3 is 0 Å². The lowest BCUT2D eigenvalue weighted by Gasteiger charge is -2.19. The predicted octanol–water partition coefficient (Wildman–Crippen LogP) is 4.21. The molecule has 0 aliphatic carbocycles. The van der Waals surface area contributed by atoms with Gasteiger partial charge in [-0.3, -0.25) is 9.36 Å².